The number of fused-ring (bicyclic) bond motifs is 10. The van der Waals surface area contributed by atoms with E-state index in [2.05, 4.69) is 77.4 Å². The molecular formula is C36H22NO2P. The lowest BCUT2D eigenvalue weighted by atomic mass is 10.0. The van der Waals surface area contributed by atoms with Crippen molar-refractivity contribution in [3.63, 3.8) is 0 Å². The fourth-order valence-corrected chi connectivity index (χ4v) is 9.76. The highest BCUT2D eigenvalue weighted by Gasteiger charge is 2.41. The minimum atomic E-state index is -3.05. The highest BCUT2D eigenvalue weighted by molar-refractivity contribution is 7.86. The molecule has 9 rings (SSSR count). The Kier molecular flexibility index (Phi) is 4.32. The van der Waals surface area contributed by atoms with Crippen LogP contribution in [0, 0.1) is 0 Å². The Hall–Kier alpha value is -4.85. The molecule has 8 aromatic rings. The second kappa shape index (κ2) is 7.85. The molecule has 1 atom stereocenters. The van der Waals surface area contributed by atoms with E-state index in [1.807, 2.05) is 60.7 Å². The number of hydrogen-bond donors (Lipinski definition) is 0. The predicted molar refractivity (Wildman–Crippen MR) is 166 cm³/mol. The first-order chi connectivity index (χ1) is 19.7. The average molecular weight is 532 g/mol. The van der Waals surface area contributed by atoms with Crippen molar-refractivity contribution in [2.45, 2.75) is 0 Å². The van der Waals surface area contributed by atoms with Gasteiger partial charge in [0.2, 0.25) is 0 Å². The maximum absolute atomic E-state index is 15.2. The lowest BCUT2D eigenvalue weighted by Crippen LogP contribution is -2.20. The third-order valence-electron chi connectivity index (χ3n) is 8.41. The lowest BCUT2D eigenvalue weighted by molar-refractivity contribution is 0.593. The normalized spacial score (nSPS) is 16.2. The van der Waals surface area contributed by atoms with E-state index in [1.54, 1.807) is 0 Å². The van der Waals surface area contributed by atoms with Gasteiger partial charge < -0.3 is 13.5 Å². The number of rotatable bonds is 2. The van der Waals surface area contributed by atoms with Gasteiger partial charge in [-0.25, -0.2) is 0 Å². The van der Waals surface area contributed by atoms with E-state index in [9.17, 15) is 0 Å². The van der Waals surface area contributed by atoms with Gasteiger partial charge in [0.1, 0.15) is 11.2 Å². The van der Waals surface area contributed by atoms with Gasteiger partial charge in [-0.15, -0.1) is 0 Å². The number of benzene rings is 6. The third kappa shape index (κ3) is 2.72. The molecule has 0 aliphatic carbocycles. The summed E-state index contributed by atoms with van der Waals surface area (Å²) in [5.74, 6) is 0. The van der Waals surface area contributed by atoms with E-state index in [4.69, 9.17) is 4.42 Å². The number of para-hydroxylation sites is 2. The Balaban J connectivity index is 1.44. The summed E-state index contributed by atoms with van der Waals surface area (Å²) in [6.45, 7) is 0. The molecule has 3 heterocycles. The van der Waals surface area contributed by atoms with Crippen LogP contribution in [0.3, 0.4) is 0 Å². The minimum Gasteiger partial charge on any atom is -0.456 e. The van der Waals surface area contributed by atoms with Gasteiger partial charge in [0.25, 0.3) is 0 Å². The van der Waals surface area contributed by atoms with Gasteiger partial charge in [0.05, 0.1) is 11.0 Å². The van der Waals surface area contributed by atoms with E-state index in [0.29, 0.717) is 0 Å². The van der Waals surface area contributed by atoms with Gasteiger partial charge in [-0.05, 0) is 35.9 Å². The monoisotopic (exact) mass is 531 g/mol. The SMILES string of the molecule is O=P1(c2ccccc2)c2ccccc2-c2c1ccc1c3ccccc3n(-c3ccc4c(c3)oc3ccccc34)c21. The predicted octanol–water partition coefficient (Wildman–Crippen LogP) is 8.30. The molecule has 0 saturated carbocycles. The van der Waals surface area contributed by atoms with Crippen molar-refractivity contribution in [1.82, 2.24) is 4.57 Å². The van der Waals surface area contributed by atoms with Crippen LogP contribution in [0.4, 0.5) is 0 Å². The summed E-state index contributed by atoms with van der Waals surface area (Å²) < 4.78 is 23.8. The summed E-state index contributed by atoms with van der Waals surface area (Å²) in [5.41, 5.74) is 7.05. The molecule has 1 aliphatic rings. The molecule has 0 bridgehead atoms. The molecule has 188 valence electrons. The zero-order chi connectivity index (χ0) is 26.4. The van der Waals surface area contributed by atoms with Crippen molar-refractivity contribution < 1.29 is 8.98 Å². The quantitative estimate of drug-likeness (QED) is 0.210. The fraction of sp³-hybridized carbons (Fsp3) is 0. The summed E-state index contributed by atoms with van der Waals surface area (Å²) in [6, 6.07) is 45.6. The molecule has 0 amide bonds. The minimum absolute atomic E-state index is 0.854. The molecule has 0 spiro atoms. The Bertz CT molecular complexity index is 2360. The third-order valence-corrected chi connectivity index (χ3v) is 11.6. The van der Waals surface area contributed by atoms with E-state index in [0.717, 1.165) is 71.1 Å². The number of furan rings is 1. The van der Waals surface area contributed by atoms with Crippen LogP contribution in [-0.4, -0.2) is 4.57 Å². The summed E-state index contributed by atoms with van der Waals surface area (Å²) in [6.07, 6.45) is 0. The molecule has 1 aliphatic heterocycles. The van der Waals surface area contributed by atoms with Gasteiger partial charge >= 0.3 is 0 Å². The molecule has 6 aromatic carbocycles. The van der Waals surface area contributed by atoms with Crippen molar-refractivity contribution in [2.75, 3.05) is 0 Å². The first-order valence-corrected chi connectivity index (χ1v) is 15.2. The summed E-state index contributed by atoms with van der Waals surface area (Å²) >= 11 is 0. The average Bonchev–Trinajstić information content (AvgIpc) is 3.64. The molecule has 40 heavy (non-hydrogen) atoms. The van der Waals surface area contributed by atoms with Crippen LogP contribution in [0.2, 0.25) is 0 Å². The summed E-state index contributed by atoms with van der Waals surface area (Å²) in [7, 11) is -3.05. The molecule has 0 saturated heterocycles. The van der Waals surface area contributed by atoms with Crippen LogP contribution >= 0.6 is 7.14 Å². The molecule has 2 aromatic heterocycles. The van der Waals surface area contributed by atoms with Gasteiger partial charge in [0.15, 0.2) is 7.14 Å². The molecule has 3 nitrogen and oxygen atoms in total. The van der Waals surface area contributed by atoms with Crippen LogP contribution in [-0.2, 0) is 4.57 Å². The topological polar surface area (TPSA) is 35.1 Å². The first-order valence-electron chi connectivity index (χ1n) is 13.5. The molecule has 4 heteroatoms. The van der Waals surface area contributed by atoms with E-state index < -0.39 is 7.14 Å². The highest BCUT2D eigenvalue weighted by Crippen LogP contribution is 2.54. The van der Waals surface area contributed by atoms with Crippen molar-refractivity contribution in [3.05, 3.63) is 133 Å². The zero-order valence-electron chi connectivity index (χ0n) is 21.4. The van der Waals surface area contributed by atoms with Gasteiger partial charge in [-0.3, -0.25) is 0 Å². The molecular weight excluding hydrogens is 509 g/mol. The Morgan fingerprint density at radius 3 is 2.15 bits per heavy atom. The number of aromatic nitrogens is 1. The Morgan fingerprint density at radius 1 is 0.550 bits per heavy atom. The lowest BCUT2D eigenvalue weighted by Gasteiger charge is -2.16. The van der Waals surface area contributed by atoms with Crippen LogP contribution in [0.5, 0.6) is 0 Å². The van der Waals surface area contributed by atoms with Crippen LogP contribution in [0.15, 0.2) is 138 Å². The molecule has 0 fully saturated rings. The number of hydrogen-bond acceptors (Lipinski definition) is 2. The van der Waals surface area contributed by atoms with Crippen LogP contribution in [0.25, 0.3) is 60.6 Å². The summed E-state index contributed by atoms with van der Waals surface area (Å²) in [4.78, 5) is 0. The highest BCUT2D eigenvalue weighted by atomic mass is 31.2. The fourth-order valence-electron chi connectivity index (χ4n) is 6.70. The summed E-state index contributed by atoms with van der Waals surface area (Å²) in [5, 5.41) is 7.22. The molecule has 0 N–H and O–H groups in total. The van der Waals surface area contributed by atoms with Crippen molar-refractivity contribution in [1.29, 1.82) is 0 Å². The maximum atomic E-state index is 15.2. The standard InChI is InChI=1S/C36H22NO2P/c38-40(24-10-2-1-3-11-24)33-17-9-6-14-29(33)35-34(40)21-20-28-25-12-4-7-15-30(25)37(36(28)35)23-18-19-27-26-13-5-8-16-31(26)39-32(27)22-23/h1-22H. The van der Waals surface area contributed by atoms with Crippen molar-refractivity contribution >= 4 is 66.8 Å². The van der Waals surface area contributed by atoms with Gasteiger partial charge in [-0.2, -0.15) is 0 Å². The van der Waals surface area contributed by atoms with Crippen LogP contribution in [0.1, 0.15) is 0 Å². The van der Waals surface area contributed by atoms with Crippen molar-refractivity contribution in [2.24, 2.45) is 0 Å². The van der Waals surface area contributed by atoms with E-state index in [1.165, 1.54) is 5.39 Å². The molecule has 0 radical (unpaired) electrons. The van der Waals surface area contributed by atoms with Gasteiger partial charge in [-0.1, -0.05) is 97.1 Å². The van der Waals surface area contributed by atoms with E-state index in [-0.39, 0.29) is 0 Å². The molecule has 1 unspecified atom stereocenters. The van der Waals surface area contributed by atoms with Crippen LogP contribution < -0.4 is 15.9 Å². The Labute approximate surface area is 230 Å². The van der Waals surface area contributed by atoms with Gasteiger partial charge in [0, 0.05) is 54.8 Å². The van der Waals surface area contributed by atoms with Crippen molar-refractivity contribution in [3.8, 4) is 16.8 Å². The maximum Gasteiger partial charge on any atom is 0.172 e. The second-order valence-corrected chi connectivity index (χ2v) is 13.1. The zero-order valence-corrected chi connectivity index (χ0v) is 22.3. The van der Waals surface area contributed by atoms with E-state index >= 15 is 4.57 Å². The Morgan fingerprint density at radius 2 is 1.25 bits per heavy atom. The smallest absolute Gasteiger partial charge is 0.172 e. The first kappa shape index (κ1) is 22.0. The second-order valence-electron chi connectivity index (χ2n) is 10.4. The largest absolute Gasteiger partial charge is 0.456 e. The number of nitrogens with zero attached hydrogens (tertiary/aromatic N) is 1.